The summed E-state index contributed by atoms with van der Waals surface area (Å²) in [5.74, 6) is -1.02. The molecule has 0 spiro atoms. The van der Waals surface area contributed by atoms with Gasteiger partial charge in [-0.05, 0) is 24.1 Å². The van der Waals surface area contributed by atoms with E-state index >= 15 is 0 Å². The van der Waals surface area contributed by atoms with Crippen LogP contribution in [0.2, 0.25) is 0 Å². The maximum Gasteiger partial charge on any atom is 0.411 e. The lowest BCUT2D eigenvalue weighted by Gasteiger charge is -2.50. The van der Waals surface area contributed by atoms with E-state index in [0.29, 0.717) is 5.75 Å². The van der Waals surface area contributed by atoms with Gasteiger partial charge in [-0.1, -0.05) is 48.5 Å². The summed E-state index contributed by atoms with van der Waals surface area (Å²) in [5, 5.41) is 0. The largest absolute Gasteiger partial charge is 0.468 e. The van der Waals surface area contributed by atoms with Crippen molar-refractivity contribution in [3.8, 4) is 5.75 Å². The number of benzene rings is 2. The second-order valence-electron chi connectivity index (χ2n) is 7.79. The molecule has 2 aromatic carbocycles. The van der Waals surface area contributed by atoms with Crippen LogP contribution >= 0.6 is 0 Å². The molecule has 0 saturated carbocycles. The third kappa shape index (κ3) is 4.67. The van der Waals surface area contributed by atoms with Gasteiger partial charge in [-0.25, -0.2) is 4.79 Å². The van der Waals surface area contributed by atoms with Crippen LogP contribution in [0.1, 0.15) is 24.4 Å². The number of methoxy groups -OCH3 is 1. The van der Waals surface area contributed by atoms with Gasteiger partial charge in [0.05, 0.1) is 19.2 Å². The van der Waals surface area contributed by atoms with Crippen LogP contribution in [0, 0.1) is 0 Å². The summed E-state index contributed by atoms with van der Waals surface area (Å²) in [6.45, 7) is -0.143. The van der Waals surface area contributed by atoms with E-state index in [-0.39, 0.29) is 31.9 Å². The predicted octanol–water partition coefficient (Wildman–Crippen LogP) is 2.32. The molecule has 2 saturated heterocycles. The number of hydrogen-bond acceptors (Lipinski definition) is 7. The molecular weight excluding hydrogens is 428 g/mol. The number of esters is 2. The molecule has 2 aliphatic heterocycles. The lowest BCUT2D eigenvalue weighted by Crippen LogP contribution is -2.71. The van der Waals surface area contributed by atoms with Gasteiger partial charge in [0.1, 0.15) is 24.9 Å². The molecule has 2 amide bonds. The summed E-state index contributed by atoms with van der Waals surface area (Å²) < 4.78 is 15.3. The van der Waals surface area contributed by atoms with Gasteiger partial charge in [0.15, 0.2) is 0 Å². The number of likely N-dealkylation sites (tertiary alicyclic amines) is 1. The minimum Gasteiger partial charge on any atom is -0.468 e. The molecule has 2 aliphatic rings. The third-order valence-electron chi connectivity index (χ3n) is 5.84. The molecule has 2 heterocycles. The molecule has 2 fully saturated rings. The minimum atomic E-state index is -0.848. The molecule has 9 nitrogen and oxygen atoms in total. The Morgan fingerprint density at radius 1 is 1.00 bits per heavy atom. The molecule has 0 aromatic heterocycles. The number of cyclic esters (lactones) is 1. The van der Waals surface area contributed by atoms with E-state index in [1.54, 1.807) is 24.3 Å². The van der Waals surface area contributed by atoms with E-state index in [9.17, 15) is 19.2 Å². The molecule has 33 heavy (non-hydrogen) atoms. The van der Waals surface area contributed by atoms with Crippen molar-refractivity contribution in [3.63, 3.8) is 0 Å². The number of rotatable bonds is 8. The first kappa shape index (κ1) is 22.3. The Labute approximate surface area is 190 Å². The van der Waals surface area contributed by atoms with Crippen LogP contribution in [-0.2, 0) is 23.9 Å². The lowest BCUT2D eigenvalue weighted by atomic mass is 9.88. The number of amides is 2. The van der Waals surface area contributed by atoms with Crippen molar-refractivity contribution in [2.75, 3.05) is 20.3 Å². The van der Waals surface area contributed by atoms with Gasteiger partial charge in [0, 0.05) is 6.42 Å². The topological polar surface area (TPSA) is 102 Å². The van der Waals surface area contributed by atoms with Gasteiger partial charge in [0.25, 0.3) is 0 Å². The zero-order chi connectivity index (χ0) is 23.4. The van der Waals surface area contributed by atoms with Gasteiger partial charge in [0.2, 0.25) is 5.91 Å². The standard InChI is InChI=1S/C24H24N2O7/c1-31-21(28)14-25-18(12-13-20(27)33-17-10-6-3-7-11-17)22(23(25)29)26-19(15-32-24(26)30)16-8-4-2-5-9-16/h2-11,18-19,22H,12-15H2,1H3/t18-,19-,22+/m1/s1. The number of hydrogen-bond donors (Lipinski definition) is 0. The van der Waals surface area contributed by atoms with E-state index in [2.05, 4.69) is 0 Å². The number of carbonyl (C=O) groups excluding carboxylic acids is 4. The fourth-order valence-electron chi connectivity index (χ4n) is 4.21. The summed E-state index contributed by atoms with van der Waals surface area (Å²) >= 11 is 0. The Bertz CT molecular complexity index is 1030. The number of β-lactam (4-membered cyclic amide) rings is 1. The highest BCUT2D eigenvalue weighted by molar-refractivity contribution is 5.95. The average molecular weight is 452 g/mol. The Morgan fingerprint density at radius 3 is 2.33 bits per heavy atom. The molecule has 172 valence electrons. The van der Waals surface area contributed by atoms with Crippen molar-refractivity contribution in [1.29, 1.82) is 0 Å². The maximum absolute atomic E-state index is 13.0. The monoisotopic (exact) mass is 452 g/mol. The van der Waals surface area contributed by atoms with E-state index in [1.165, 1.54) is 16.9 Å². The van der Waals surface area contributed by atoms with E-state index in [4.69, 9.17) is 14.2 Å². The van der Waals surface area contributed by atoms with Crippen molar-refractivity contribution >= 4 is 23.9 Å². The van der Waals surface area contributed by atoms with Crippen molar-refractivity contribution in [1.82, 2.24) is 9.80 Å². The highest BCUT2D eigenvalue weighted by Gasteiger charge is 2.56. The number of ether oxygens (including phenoxy) is 3. The fourth-order valence-corrected chi connectivity index (χ4v) is 4.21. The maximum atomic E-state index is 13.0. The van der Waals surface area contributed by atoms with Crippen LogP contribution in [0.3, 0.4) is 0 Å². The molecule has 0 bridgehead atoms. The average Bonchev–Trinajstić information content (AvgIpc) is 3.21. The second-order valence-corrected chi connectivity index (χ2v) is 7.79. The summed E-state index contributed by atoms with van der Waals surface area (Å²) in [5.41, 5.74) is 0.838. The van der Waals surface area contributed by atoms with Gasteiger partial charge >= 0.3 is 18.0 Å². The lowest BCUT2D eigenvalue weighted by molar-refractivity contribution is -0.166. The van der Waals surface area contributed by atoms with Gasteiger partial charge < -0.3 is 19.1 Å². The van der Waals surface area contributed by atoms with Crippen LogP contribution in [0.25, 0.3) is 0 Å². The highest BCUT2D eigenvalue weighted by atomic mass is 16.6. The smallest absolute Gasteiger partial charge is 0.411 e. The molecule has 2 aromatic rings. The van der Waals surface area contributed by atoms with Crippen LogP contribution < -0.4 is 4.74 Å². The predicted molar refractivity (Wildman–Crippen MR) is 115 cm³/mol. The van der Waals surface area contributed by atoms with Crippen molar-refractivity contribution in [3.05, 3.63) is 66.2 Å². The fraction of sp³-hybridized carbons (Fsp3) is 0.333. The van der Waals surface area contributed by atoms with Crippen LogP contribution in [0.4, 0.5) is 4.79 Å². The number of para-hydroxylation sites is 1. The molecule has 3 atom stereocenters. The number of carbonyl (C=O) groups is 4. The summed E-state index contributed by atoms with van der Waals surface area (Å²) in [6, 6.07) is 16.1. The first-order valence-electron chi connectivity index (χ1n) is 10.6. The van der Waals surface area contributed by atoms with E-state index in [1.807, 2.05) is 36.4 Å². The number of nitrogens with zero attached hydrogens (tertiary/aromatic N) is 2. The van der Waals surface area contributed by atoms with Crippen LogP contribution in [0.15, 0.2) is 60.7 Å². The van der Waals surface area contributed by atoms with Gasteiger partial charge in [-0.15, -0.1) is 0 Å². The van der Waals surface area contributed by atoms with Crippen LogP contribution in [-0.4, -0.2) is 66.1 Å². The summed E-state index contributed by atoms with van der Waals surface area (Å²) in [7, 11) is 1.24. The van der Waals surface area contributed by atoms with E-state index < -0.39 is 36.2 Å². The van der Waals surface area contributed by atoms with Crippen molar-refractivity contribution < 1.29 is 33.4 Å². The molecular formula is C24H24N2O7. The first-order chi connectivity index (χ1) is 16.0. The van der Waals surface area contributed by atoms with Crippen molar-refractivity contribution in [2.24, 2.45) is 0 Å². The third-order valence-corrected chi connectivity index (χ3v) is 5.84. The molecule has 0 aliphatic carbocycles. The molecule has 0 N–H and O–H groups in total. The Kier molecular flexibility index (Phi) is 6.58. The van der Waals surface area contributed by atoms with Gasteiger partial charge in [-0.2, -0.15) is 0 Å². The Balaban J connectivity index is 1.51. The van der Waals surface area contributed by atoms with Crippen LogP contribution in [0.5, 0.6) is 5.75 Å². The normalized spacial score (nSPS) is 21.9. The quantitative estimate of drug-likeness (QED) is 0.344. The SMILES string of the molecule is COC(=O)CN1C(=O)[C@@H](N2C(=O)OC[C@@H]2c2ccccc2)[C@H]1CCC(=O)Oc1ccccc1. The zero-order valence-corrected chi connectivity index (χ0v) is 18.1. The Hall–Kier alpha value is -3.88. The molecule has 0 unspecified atom stereocenters. The van der Waals surface area contributed by atoms with Gasteiger partial charge in [-0.3, -0.25) is 19.3 Å². The Morgan fingerprint density at radius 2 is 1.67 bits per heavy atom. The zero-order valence-electron chi connectivity index (χ0n) is 18.1. The molecule has 0 radical (unpaired) electrons. The summed E-state index contributed by atoms with van der Waals surface area (Å²) in [6.07, 6.45) is -0.388. The second kappa shape index (κ2) is 9.72. The molecule has 9 heteroatoms. The van der Waals surface area contributed by atoms with Crippen molar-refractivity contribution in [2.45, 2.75) is 31.0 Å². The summed E-state index contributed by atoms with van der Waals surface area (Å²) in [4.78, 5) is 52.6. The van der Waals surface area contributed by atoms with E-state index in [0.717, 1.165) is 5.56 Å². The first-order valence-corrected chi connectivity index (χ1v) is 10.6. The minimum absolute atomic E-state index is 0.0000944. The molecule has 4 rings (SSSR count). The highest BCUT2D eigenvalue weighted by Crippen LogP contribution is 2.38.